The average Bonchev–Trinajstić information content (AvgIpc) is 2.58. The third-order valence-electron chi connectivity index (χ3n) is 4.44. The number of hydrogen-bond donors (Lipinski definition) is 3. The third-order valence-corrected chi connectivity index (χ3v) is 4.44. The quantitative estimate of drug-likeness (QED) is 0.737. The lowest BCUT2D eigenvalue weighted by Gasteiger charge is -2.42. The molecule has 2 heterocycles. The largest absolute Gasteiger partial charge is 0.396 e. The molecule has 2 aromatic rings. The highest BCUT2D eigenvalue weighted by atomic mass is 19.1. The van der Waals surface area contributed by atoms with Gasteiger partial charge in [0.25, 0.3) is 0 Å². The highest BCUT2D eigenvalue weighted by Crippen LogP contribution is 2.22. The summed E-state index contributed by atoms with van der Waals surface area (Å²) in [5, 5.41) is 9.42. The van der Waals surface area contributed by atoms with Crippen LogP contribution in [-0.4, -0.2) is 52.3 Å². The number of halogens is 1. The van der Waals surface area contributed by atoms with Gasteiger partial charge in [-0.15, -0.1) is 0 Å². The minimum Gasteiger partial charge on any atom is -0.396 e. The lowest BCUT2D eigenvalue weighted by molar-refractivity contribution is 0.135. The number of nitrogens with two attached hydrogens (primary N) is 2. The molecule has 1 fully saturated rings. The maximum absolute atomic E-state index is 13.1. The van der Waals surface area contributed by atoms with Crippen LogP contribution in [0.2, 0.25) is 0 Å². The normalized spacial score (nSPS) is 18.5. The Kier molecular flexibility index (Phi) is 5.30. The highest BCUT2D eigenvalue weighted by Gasteiger charge is 2.27. The Balaban J connectivity index is 1.72. The van der Waals surface area contributed by atoms with Crippen molar-refractivity contribution in [2.45, 2.75) is 19.0 Å². The SMILES string of the molecule is Nc1cc(N2CCN(Cc3ccc(F)cc3)[C@H](CCO)C2)nc(N)n1. The molecule has 5 N–H and O–H groups in total. The van der Waals surface area contributed by atoms with E-state index in [1.165, 1.54) is 12.1 Å². The van der Waals surface area contributed by atoms with E-state index in [0.29, 0.717) is 31.1 Å². The van der Waals surface area contributed by atoms with Crippen molar-refractivity contribution in [3.8, 4) is 0 Å². The van der Waals surface area contributed by atoms with Gasteiger partial charge in [-0.25, -0.2) is 4.39 Å². The molecular formula is C17H23FN6O. The van der Waals surface area contributed by atoms with Crippen molar-refractivity contribution in [2.75, 3.05) is 42.6 Å². The van der Waals surface area contributed by atoms with Crippen molar-refractivity contribution in [1.82, 2.24) is 14.9 Å². The van der Waals surface area contributed by atoms with Gasteiger partial charge in [-0.3, -0.25) is 4.90 Å². The smallest absolute Gasteiger partial charge is 0.223 e. The molecule has 8 heteroatoms. The van der Waals surface area contributed by atoms with Crippen LogP contribution in [0.4, 0.5) is 22.0 Å². The Labute approximate surface area is 146 Å². The molecule has 0 bridgehead atoms. The summed E-state index contributed by atoms with van der Waals surface area (Å²) in [5.41, 5.74) is 12.5. The van der Waals surface area contributed by atoms with E-state index in [1.54, 1.807) is 18.2 Å². The first-order chi connectivity index (χ1) is 12.0. The molecule has 0 spiro atoms. The standard InChI is InChI=1S/C17H23FN6O/c18-13-3-1-12(2-4-13)10-23-6-7-24(11-14(23)5-8-25)16-9-15(19)21-17(20)22-16/h1-4,9,14,25H,5-8,10-11H2,(H4,19,20,21,22)/t14-/m1/s1. The Hall–Kier alpha value is -2.45. The van der Waals surface area contributed by atoms with Gasteiger partial charge in [-0.05, 0) is 24.1 Å². The lowest BCUT2D eigenvalue weighted by Crippen LogP contribution is -2.53. The van der Waals surface area contributed by atoms with Gasteiger partial charge in [0.2, 0.25) is 5.95 Å². The molecule has 134 valence electrons. The van der Waals surface area contributed by atoms with Gasteiger partial charge in [-0.1, -0.05) is 12.1 Å². The molecule has 0 aliphatic carbocycles. The van der Waals surface area contributed by atoms with Crippen molar-refractivity contribution >= 4 is 17.6 Å². The van der Waals surface area contributed by atoms with Crippen molar-refractivity contribution in [3.63, 3.8) is 0 Å². The van der Waals surface area contributed by atoms with Gasteiger partial charge >= 0.3 is 0 Å². The fraction of sp³-hybridized carbons (Fsp3) is 0.412. The second-order valence-corrected chi connectivity index (χ2v) is 6.22. The van der Waals surface area contributed by atoms with Crippen LogP contribution in [0, 0.1) is 5.82 Å². The number of nitrogen functional groups attached to an aromatic ring is 2. The molecule has 0 saturated carbocycles. The van der Waals surface area contributed by atoms with E-state index in [4.69, 9.17) is 11.5 Å². The van der Waals surface area contributed by atoms with Gasteiger partial charge < -0.3 is 21.5 Å². The molecule has 0 amide bonds. The zero-order chi connectivity index (χ0) is 17.8. The molecule has 1 aromatic heterocycles. The van der Waals surface area contributed by atoms with Crippen molar-refractivity contribution in [1.29, 1.82) is 0 Å². The van der Waals surface area contributed by atoms with Crippen LogP contribution < -0.4 is 16.4 Å². The first-order valence-electron chi connectivity index (χ1n) is 8.29. The number of aromatic nitrogens is 2. The van der Waals surface area contributed by atoms with Crippen molar-refractivity contribution < 1.29 is 9.50 Å². The van der Waals surface area contributed by atoms with E-state index in [9.17, 15) is 9.50 Å². The summed E-state index contributed by atoms with van der Waals surface area (Å²) in [6.07, 6.45) is 0.647. The topological polar surface area (TPSA) is 105 Å². The summed E-state index contributed by atoms with van der Waals surface area (Å²) < 4.78 is 13.1. The molecular weight excluding hydrogens is 323 g/mol. The van der Waals surface area contributed by atoms with Crippen LogP contribution in [0.5, 0.6) is 0 Å². The molecule has 0 unspecified atom stereocenters. The first-order valence-corrected chi connectivity index (χ1v) is 8.29. The lowest BCUT2D eigenvalue weighted by atomic mass is 10.1. The summed E-state index contributed by atoms with van der Waals surface area (Å²) in [5.74, 6) is 0.964. The second-order valence-electron chi connectivity index (χ2n) is 6.22. The maximum Gasteiger partial charge on any atom is 0.223 e. The number of benzene rings is 1. The van der Waals surface area contributed by atoms with Gasteiger partial charge in [-0.2, -0.15) is 9.97 Å². The molecule has 7 nitrogen and oxygen atoms in total. The van der Waals surface area contributed by atoms with Crippen LogP contribution in [-0.2, 0) is 6.54 Å². The molecule has 1 aromatic carbocycles. The van der Waals surface area contributed by atoms with Gasteiger partial charge in [0.1, 0.15) is 17.5 Å². The predicted octanol–water partition coefficient (Wildman–Crippen LogP) is 0.853. The number of rotatable bonds is 5. The molecule has 1 atom stereocenters. The third kappa shape index (κ3) is 4.34. The maximum atomic E-state index is 13.1. The van der Waals surface area contributed by atoms with E-state index < -0.39 is 0 Å². The number of anilines is 3. The predicted molar refractivity (Wildman–Crippen MR) is 95.4 cm³/mol. The van der Waals surface area contributed by atoms with Gasteiger partial charge in [0, 0.05) is 44.9 Å². The summed E-state index contributed by atoms with van der Waals surface area (Å²) in [4.78, 5) is 12.6. The number of piperazine rings is 1. The van der Waals surface area contributed by atoms with E-state index in [1.807, 2.05) is 0 Å². The van der Waals surface area contributed by atoms with Crippen LogP contribution >= 0.6 is 0 Å². The molecule has 1 saturated heterocycles. The molecule has 25 heavy (non-hydrogen) atoms. The highest BCUT2D eigenvalue weighted by molar-refractivity contribution is 5.50. The zero-order valence-electron chi connectivity index (χ0n) is 14.0. The van der Waals surface area contributed by atoms with Crippen LogP contribution in [0.15, 0.2) is 30.3 Å². The van der Waals surface area contributed by atoms with E-state index in [0.717, 1.165) is 18.7 Å². The molecule has 1 aliphatic heterocycles. The Morgan fingerprint density at radius 1 is 1.16 bits per heavy atom. The minimum atomic E-state index is -0.237. The molecule has 0 radical (unpaired) electrons. The summed E-state index contributed by atoms with van der Waals surface area (Å²) >= 11 is 0. The van der Waals surface area contributed by atoms with Crippen LogP contribution in [0.1, 0.15) is 12.0 Å². The van der Waals surface area contributed by atoms with E-state index in [-0.39, 0.29) is 24.4 Å². The Bertz CT molecular complexity index is 691. The summed E-state index contributed by atoms with van der Waals surface area (Å²) in [6, 6.07) is 8.40. The van der Waals surface area contributed by atoms with E-state index >= 15 is 0 Å². The van der Waals surface area contributed by atoms with Gasteiger partial charge in [0.05, 0.1) is 0 Å². The number of nitrogens with zero attached hydrogens (tertiary/aromatic N) is 4. The number of aliphatic hydroxyl groups excluding tert-OH is 1. The molecule has 3 rings (SSSR count). The molecule has 1 aliphatic rings. The fourth-order valence-electron chi connectivity index (χ4n) is 3.19. The monoisotopic (exact) mass is 346 g/mol. The first kappa shape index (κ1) is 17.4. The summed E-state index contributed by atoms with van der Waals surface area (Å²) in [6.45, 7) is 3.09. The van der Waals surface area contributed by atoms with Gasteiger partial charge in [0.15, 0.2) is 0 Å². The number of aliphatic hydroxyl groups is 1. The fourth-order valence-corrected chi connectivity index (χ4v) is 3.19. The second kappa shape index (κ2) is 7.62. The number of hydrogen-bond acceptors (Lipinski definition) is 7. The van der Waals surface area contributed by atoms with Crippen molar-refractivity contribution in [3.05, 3.63) is 41.7 Å². The van der Waals surface area contributed by atoms with E-state index in [2.05, 4.69) is 19.8 Å². The zero-order valence-corrected chi connectivity index (χ0v) is 14.0. The minimum absolute atomic E-state index is 0.104. The Morgan fingerprint density at radius 2 is 1.92 bits per heavy atom. The summed E-state index contributed by atoms with van der Waals surface area (Å²) in [7, 11) is 0. The van der Waals surface area contributed by atoms with Crippen molar-refractivity contribution in [2.24, 2.45) is 0 Å². The Morgan fingerprint density at radius 3 is 2.60 bits per heavy atom. The van der Waals surface area contributed by atoms with Crippen LogP contribution in [0.25, 0.3) is 0 Å². The van der Waals surface area contributed by atoms with Crippen LogP contribution in [0.3, 0.4) is 0 Å². The average molecular weight is 346 g/mol.